The standard InChI is InChI=1S/C12H14ClN3O/c1-7-10(6-17)4-5-11(14-7)16-9(3)12(13)8(2)15-16/h4-5,17H,6H2,1-3H3. The number of halogens is 1. The minimum absolute atomic E-state index is 0.00299. The van der Waals surface area contributed by atoms with Crippen LogP contribution >= 0.6 is 11.6 Å². The van der Waals surface area contributed by atoms with Crippen LogP contribution in [-0.2, 0) is 6.61 Å². The summed E-state index contributed by atoms with van der Waals surface area (Å²) in [7, 11) is 0. The van der Waals surface area contributed by atoms with Gasteiger partial charge in [-0.05, 0) is 32.4 Å². The van der Waals surface area contributed by atoms with E-state index in [1.165, 1.54) is 0 Å². The van der Waals surface area contributed by atoms with Gasteiger partial charge in [0.15, 0.2) is 5.82 Å². The van der Waals surface area contributed by atoms with Crippen molar-refractivity contribution in [3.05, 3.63) is 39.8 Å². The normalized spacial score (nSPS) is 10.9. The van der Waals surface area contributed by atoms with E-state index in [-0.39, 0.29) is 6.61 Å². The van der Waals surface area contributed by atoms with Crippen molar-refractivity contribution < 1.29 is 5.11 Å². The van der Waals surface area contributed by atoms with Crippen LogP contribution in [0.1, 0.15) is 22.6 Å². The van der Waals surface area contributed by atoms with E-state index in [0.717, 1.165) is 22.6 Å². The Hall–Kier alpha value is -1.39. The number of aryl methyl sites for hydroxylation is 2. The van der Waals surface area contributed by atoms with Crippen molar-refractivity contribution in [1.82, 2.24) is 14.8 Å². The van der Waals surface area contributed by atoms with Gasteiger partial charge in [0.2, 0.25) is 0 Å². The zero-order valence-corrected chi connectivity index (χ0v) is 10.8. The van der Waals surface area contributed by atoms with E-state index in [9.17, 15) is 0 Å². The number of aliphatic hydroxyl groups is 1. The van der Waals surface area contributed by atoms with Gasteiger partial charge in [0.25, 0.3) is 0 Å². The predicted molar refractivity (Wildman–Crippen MR) is 66.5 cm³/mol. The number of aromatic nitrogens is 3. The molecule has 17 heavy (non-hydrogen) atoms. The van der Waals surface area contributed by atoms with E-state index in [2.05, 4.69) is 10.1 Å². The molecule has 2 aromatic heterocycles. The lowest BCUT2D eigenvalue weighted by atomic mass is 10.2. The molecule has 5 heteroatoms. The maximum Gasteiger partial charge on any atom is 0.153 e. The van der Waals surface area contributed by atoms with Crippen LogP contribution in [-0.4, -0.2) is 19.9 Å². The zero-order chi connectivity index (χ0) is 12.6. The topological polar surface area (TPSA) is 50.9 Å². The highest BCUT2D eigenvalue weighted by atomic mass is 35.5. The predicted octanol–water partition coefficient (Wildman–Crippen LogP) is 2.34. The summed E-state index contributed by atoms with van der Waals surface area (Å²) in [5.41, 5.74) is 3.28. The molecule has 0 aliphatic carbocycles. The fourth-order valence-electron chi connectivity index (χ4n) is 1.71. The van der Waals surface area contributed by atoms with Crippen LogP contribution in [0.5, 0.6) is 0 Å². The Balaban J connectivity index is 2.53. The van der Waals surface area contributed by atoms with Crippen molar-refractivity contribution in [3.8, 4) is 5.82 Å². The molecule has 2 aromatic rings. The Labute approximate surface area is 105 Å². The van der Waals surface area contributed by atoms with Gasteiger partial charge in [-0.2, -0.15) is 5.10 Å². The second-order valence-corrected chi connectivity index (χ2v) is 4.35. The number of hydrogen-bond acceptors (Lipinski definition) is 3. The zero-order valence-electron chi connectivity index (χ0n) is 10.0. The molecule has 0 saturated carbocycles. The lowest BCUT2D eigenvalue weighted by Gasteiger charge is -2.07. The van der Waals surface area contributed by atoms with Gasteiger partial charge in [-0.1, -0.05) is 17.7 Å². The largest absolute Gasteiger partial charge is 0.392 e. The van der Waals surface area contributed by atoms with E-state index in [1.54, 1.807) is 4.68 Å². The fourth-order valence-corrected chi connectivity index (χ4v) is 1.83. The Bertz CT molecular complexity index is 563. The van der Waals surface area contributed by atoms with Crippen LogP contribution in [0.2, 0.25) is 5.02 Å². The maximum atomic E-state index is 9.10. The highest BCUT2D eigenvalue weighted by Gasteiger charge is 2.12. The Morgan fingerprint density at radius 3 is 2.41 bits per heavy atom. The van der Waals surface area contributed by atoms with Crippen molar-refractivity contribution in [2.75, 3.05) is 0 Å². The molecular weight excluding hydrogens is 238 g/mol. The van der Waals surface area contributed by atoms with Crippen LogP contribution in [0.4, 0.5) is 0 Å². The first-order chi connectivity index (χ1) is 8.04. The maximum absolute atomic E-state index is 9.10. The summed E-state index contributed by atoms with van der Waals surface area (Å²) in [6.45, 7) is 5.62. The van der Waals surface area contributed by atoms with Gasteiger partial charge in [-0.3, -0.25) is 0 Å². The lowest BCUT2D eigenvalue weighted by Crippen LogP contribution is -2.04. The number of hydrogen-bond donors (Lipinski definition) is 1. The first-order valence-electron chi connectivity index (χ1n) is 5.34. The molecule has 0 fully saturated rings. The number of pyridine rings is 1. The van der Waals surface area contributed by atoms with E-state index >= 15 is 0 Å². The first-order valence-corrected chi connectivity index (χ1v) is 5.72. The Morgan fingerprint density at radius 1 is 1.24 bits per heavy atom. The average molecular weight is 252 g/mol. The highest BCUT2D eigenvalue weighted by molar-refractivity contribution is 6.31. The quantitative estimate of drug-likeness (QED) is 0.891. The van der Waals surface area contributed by atoms with Crippen LogP contribution in [0.25, 0.3) is 5.82 Å². The molecule has 1 N–H and O–H groups in total. The summed E-state index contributed by atoms with van der Waals surface area (Å²) in [5, 5.41) is 14.1. The molecule has 0 aliphatic rings. The monoisotopic (exact) mass is 251 g/mol. The van der Waals surface area contributed by atoms with Crippen molar-refractivity contribution >= 4 is 11.6 Å². The minimum Gasteiger partial charge on any atom is -0.392 e. The SMILES string of the molecule is Cc1nc(-n2nc(C)c(Cl)c2C)ccc1CO. The summed E-state index contributed by atoms with van der Waals surface area (Å²) in [6.07, 6.45) is 0. The second kappa shape index (κ2) is 4.47. The van der Waals surface area contributed by atoms with Gasteiger partial charge in [0, 0.05) is 5.69 Å². The second-order valence-electron chi connectivity index (χ2n) is 3.97. The molecule has 0 aliphatic heterocycles. The summed E-state index contributed by atoms with van der Waals surface area (Å²) >= 11 is 6.10. The van der Waals surface area contributed by atoms with Gasteiger partial charge in [-0.25, -0.2) is 9.67 Å². The molecule has 0 atom stereocenters. The van der Waals surface area contributed by atoms with Gasteiger partial charge >= 0.3 is 0 Å². The van der Waals surface area contributed by atoms with Crippen molar-refractivity contribution in [3.63, 3.8) is 0 Å². The minimum atomic E-state index is -0.00299. The molecular formula is C12H14ClN3O. The smallest absolute Gasteiger partial charge is 0.153 e. The third kappa shape index (κ3) is 2.06. The first kappa shape index (κ1) is 12.1. The van der Waals surface area contributed by atoms with Gasteiger partial charge in [0.05, 0.1) is 23.0 Å². The number of nitrogens with zero attached hydrogens (tertiary/aromatic N) is 3. The molecule has 4 nitrogen and oxygen atoms in total. The molecule has 0 saturated heterocycles. The van der Waals surface area contributed by atoms with Crippen LogP contribution < -0.4 is 0 Å². The molecule has 2 heterocycles. The molecule has 90 valence electrons. The van der Waals surface area contributed by atoms with Gasteiger partial charge < -0.3 is 5.11 Å². The van der Waals surface area contributed by atoms with Crippen molar-refractivity contribution in [2.45, 2.75) is 27.4 Å². The number of aliphatic hydroxyl groups excluding tert-OH is 1. The Morgan fingerprint density at radius 2 is 1.94 bits per heavy atom. The average Bonchev–Trinajstić information content (AvgIpc) is 2.57. The molecule has 0 spiro atoms. The molecule has 0 aromatic carbocycles. The van der Waals surface area contributed by atoms with Crippen LogP contribution in [0.3, 0.4) is 0 Å². The van der Waals surface area contributed by atoms with E-state index < -0.39 is 0 Å². The van der Waals surface area contributed by atoms with E-state index in [1.807, 2.05) is 32.9 Å². The van der Waals surface area contributed by atoms with Gasteiger partial charge in [0.1, 0.15) is 0 Å². The summed E-state index contributed by atoms with van der Waals surface area (Å²) in [4.78, 5) is 4.41. The lowest BCUT2D eigenvalue weighted by molar-refractivity contribution is 0.280. The molecule has 0 radical (unpaired) electrons. The van der Waals surface area contributed by atoms with Crippen molar-refractivity contribution in [1.29, 1.82) is 0 Å². The summed E-state index contributed by atoms with van der Waals surface area (Å²) in [5.74, 6) is 0.715. The summed E-state index contributed by atoms with van der Waals surface area (Å²) in [6, 6.07) is 3.68. The van der Waals surface area contributed by atoms with Crippen LogP contribution in [0.15, 0.2) is 12.1 Å². The summed E-state index contributed by atoms with van der Waals surface area (Å²) < 4.78 is 1.71. The van der Waals surface area contributed by atoms with Crippen molar-refractivity contribution in [2.24, 2.45) is 0 Å². The molecule has 0 amide bonds. The molecule has 0 unspecified atom stereocenters. The fraction of sp³-hybridized carbons (Fsp3) is 0.333. The van der Waals surface area contributed by atoms with Crippen LogP contribution in [0, 0.1) is 20.8 Å². The molecule has 2 rings (SSSR count). The Kier molecular flexibility index (Phi) is 3.17. The van der Waals surface area contributed by atoms with Gasteiger partial charge in [-0.15, -0.1) is 0 Å². The molecule has 0 bridgehead atoms. The third-order valence-corrected chi connectivity index (χ3v) is 3.32. The number of rotatable bonds is 2. The third-order valence-electron chi connectivity index (χ3n) is 2.77. The van der Waals surface area contributed by atoms with E-state index in [4.69, 9.17) is 16.7 Å². The van der Waals surface area contributed by atoms with E-state index in [0.29, 0.717) is 10.8 Å². The highest BCUT2D eigenvalue weighted by Crippen LogP contribution is 2.22.